The first-order valence-electron chi connectivity index (χ1n) is 17.1. The van der Waals surface area contributed by atoms with Crippen LogP contribution in [0.3, 0.4) is 0 Å². The largest absolute Gasteiger partial charge is 0.308 e. The van der Waals surface area contributed by atoms with E-state index in [0.717, 1.165) is 44.6 Å². The second-order valence-electron chi connectivity index (χ2n) is 12.7. The monoisotopic (exact) mass is 693 g/mol. The zero-order chi connectivity index (χ0) is 36.1. The Hall–Kier alpha value is -7.00. The maximum absolute atomic E-state index is 15.4. The Labute approximate surface area is 303 Å². The van der Waals surface area contributed by atoms with Crippen molar-refractivity contribution in [2.45, 2.75) is 13.8 Å². The van der Waals surface area contributed by atoms with E-state index in [2.05, 4.69) is 37.7 Å². The predicted octanol–water partition coefficient (Wildman–Crippen LogP) is 10.4. The summed E-state index contributed by atoms with van der Waals surface area (Å²) in [4.78, 5) is 28.6. The van der Waals surface area contributed by atoms with Crippen LogP contribution in [0.2, 0.25) is 0 Å². The van der Waals surface area contributed by atoms with E-state index in [1.807, 2.05) is 117 Å². The third-order valence-electron chi connectivity index (χ3n) is 9.21. The first-order chi connectivity index (χ1) is 25.9. The number of benzene rings is 6. The lowest BCUT2D eigenvalue weighted by Gasteiger charge is -2.17. The molecule has 254 valence electrons. The van der Waals surface area contributed by atoms with Crippen LogP contribution in [-0.4, -0.2) is 34.5 Å². The Morgan fingerprint density at radius 1 is 0.415 bits per heavy atom. The smallest absolute Gasteiger partial charge is 0.166 e. The second-order valence-corrected chi connectivity index (χ2v) is 12.7. The molecule has 0 aliphatic carbocycles. The summed E-state index contributed by atoms with van der Waals surface area (Å²) in [5.74, 6) is 2.06. The Balaban J connectivity index is 1.34. The molecular weight excluding hydrogens is 665 g/mol. The number of hydrogen-bond acceptors (Lipinski definition) is 6. The zero-order valence-electron chi connectivity index (χ0n) is 28.7. The highest BCUT2D eigenvalue weighted by Crippen LogP contribution is 2.39. The molecular formula is C44H29F2N7. The van der Waals surface area contributed by atoms with E-state index in [1.54, 1.807) is 0 Å². The highest BCUT2D eigenvalue weighted by molar-refractivity contribution is 6.11. The fourth-order valence-electron chi connectivity index (χ4n) is 6.84. The van der Waals surface area contributed by atoms with Gasteiger partial charge < -0.3 is 4.57 Å². The van der Waals surface area contributed by atoms with Gasteiger partial charge in [0.1, 0.15) is 23.3 Å². The Bertz CT molecular complexity index is 2760. The van der Waals surface area contributed by atoms with Gasteiger partial charge in [0.15, 0.2) is 23.3 Å². The first-order valence-corrected chi connectivity index (χ1v) is 17.1. The number of rotatable bonds is 6. The minimum absolute atomic E-state index is 0.272. The molecule has 0 atom stereocenters. The van der Waals surface area contributed by atoms with Crippen LogP contribution >= 0.6 is 0 Å². The Morgan fingerprint density at radius 3 is 1.66 bits per heavy atom. The quantitative estimate of drug-likeness (QED) is 0.172. The van der Waals surface area contributed by atoms with Crippen LogP contribution in [0.25, 0.3) is 84.2 Å². The molecule has 0 aliphatic heterocycles. The molecule has 0 fully saturated rings. The fraction of sp³-hybridized carbons (Fsp3) is 0.0455. The molecule has 53 heavy (non-hydrogen) atoms. The van der Waals surface area contributed by atoms with Crippen molar-refractivity contribution >= 4 is 21.8 Å². The first kappa shape index (κ1) is 31.9. The number of hydrogen-bond donors (Lipinski definition) is 0. The lowest BCUT2D eigenvalue weighted by atomic mass is 10.0. The van der Waals surface area contributed by atoms with Gasteiger partial charge in [0.2, 0.25) is 0 Å². The predicted molar refractivity (Wildman–Crippen MR) is 204 cm³/mol. The van der Waals surface area contributed by atoms with Crippen molar-refractivity contribution in [2.75, 3.05) is 0 Å². The number of para-hydroxylation sites is 1. The summed E-state index contributed by atoms with van der Waals surface area (Å²) in [5, 5.41) is 1.98. The Morgan fingerprint density at radius 2 is 0.981 bits per heavy atom. The average Bonchev–Trinajstić information content (AvgIpc) is 3.51. The molecule has 0 aliphatic rings. The molecule has 3 heterocycles. The molecule has 0 unspecified atom stereocenters. The Kier molecular flexibility index (Phi) is 7.81. The van der Waals surface area contributed by atoms with Crippen molar-refractivity contribution in [3.8, 4) is 62.4 Å². The summed E-state index contributed by atoms with van der Waals surface area (Å²) >= 11 is 0. The summed E-state index contributed by atoms with van der Waals surface area (Å²) in [7, 11) is 0. The molecule has 9 rings (SSSR count). The van der Waals surface area contributed by atoms with E-state index in [-0.39, 0.29) is 5.56 Å². The second kappa shape index (κ2) is 13.0. The SMILES string of the molecule is Cc1nc(C)nc(-c2ccc3c(c2)c2ccccc2n3-c2cc(-c3ccc(F)cc3F)ccc2-c2nc(-c3ccccc3)nc(-c3ccccc3)n2)n1. The van der Waals surface area contributed by atoms with Crippen LogP contribution in [0.1, 0.15) is 11.6 Å². The van der Waals surface area contributed by atoms with Crippen LogP contribution in [0, 0.1) is 25.5 Å². The molecule has 0 saturated carbocycles. The van der Waals surface area contributed by atoms with E-state index in [1.165, 1.54) is 12.1 Å². The number of fused-ring (bicyclic) bond motifs is 3. The summed E-state index contributed by atoms with van der Waals surface area (Å²) < 4.78 is 31.6. The third kappa shape index (κ3) is 5.88. The van der Waals surface area contributed by atoms with Gasteiger partial charge in [-0.05, 0) is 67.9 Å². The van der Waals surface area contributed by atoms with Gasteiger partial charge in [-0.1, -0.05) is 84.9 Å². The molecule has 9 aromatic rings. The van der Waals surface area contributed by atoms with Gasteiger partial charge in [0.25, 0.3) is 0 Å². The van der Waals surface area contributed by atoms with E-state index in [4.69, 9.17) is 15.0 Å². The number of aryl methyl sites for hydroxylation is 2. The molecule has 0 spiro atoms. The number of aromatic nitrogens is 7. The highest BCUT2D eigenvalue weighted by Gasteiger charge is 2.21. The van der Waals surface area contributed by atoms with Gasteiger partial charge in [-0.2, -0.15) is 0 Å². The topological polar surface area (TPSA) is 82.3 Å². The minimum atomic E-state index is -0.656. The van der Waals surface area contributed by atoms with E-state index < -0.39 is 11.6 Å². The van der Waals surface area contributed by atoms with Gasteiger partial charge in [-0.3, -0.25) is 0 Å². The molecule has 6 aromatic carbocycles. The summed E-state index contributed by atoms with van der Waals surface area (Å²) in [6.07, 6.45) is 0. The lowest BCUT2D eigenvalue weighted by Crippen LogP contribution is -2.04. The summed E-state index contributed by atoms with van der Waals surface area (Å²) in [5.41, 5.74) is 6.60. The molecule has 0 N–H and O–H groups in total. The molecule has 9 heteroatoms. The van der Waals surface area contributed by atoms with Crippen molar-refractivity contribution in [2.24, 2.45) is 0 Å². The van der Waals surface area contributed by atoms with Crippen molar-refractivity contribution < 1.29 is 8.78 Å². The molecule has 3 aromatic heterocycles. The van der Waals surface area contributed by atoms with E-state index in [0.29, 0.717) is 51.8 Å². The third-order valence-corrected chi connectivity index (χ3v) is 9.21. The lowest BCUT2D eigenvalue weighted by molar-refractivity contribution is 0.585. The highest BCUT2D eigenvalue weighted by atomic mass is 19.1. The maximum Gasteiger partial charge on any atom is 0.166 e. The maximum atomic E-state index is 15.4. The van der Waals surface area contributed by atoms with Gasteiger partial charge in [-0.15, -0.1) is 0 Å². The van der Waals surface area contributed by atoms with Crippen molar-refractivity contribution in [3.05, 3.63) is 163 Å². The molecule has 0 radical (unpaired) electrons. The molecule has 7 nitrogen and oxygen atoms in total. The van der Waals surface area contributed by atoms with Crippen LogP contribution in [0.5, 0.6) is 0 Å². The standard InChI is InChI=1S/C44H29F2N7/c1-26-47-27(2)49-43(48-26)31-18-22-39-36(23-31)34-15-9-10-16-38(34)53(39)40-24-30(33-21-19-32(45)25-37(33)46)17-20-35(40)44-51-41(28-11-5-3-6-12-28)50-42(52-44)29-13-7-4-8-14-29/h3-25H,1-2H3. The van der Waals surface area contributed by atoms with Crippen LogP contribution in [-0.2, 0) is 0 Å². The van der Waals surface area contributed by atoms with Gasteiger partial charge in [0.05, 0.1) is 16.7 Å². The zero-order valence-corrected chi connectivity index (χ0v) is 28.7. The van der Waals surface area contributed by atoms with E-state index >= 15 is 4.39 Å². The number of nitrogens with zero attached hydrogens (tertiary/aromatic N) is 7. The van der Waals surface area contributed by atoms with Crippen LogP contribution < -0.4 is 0 Å². The minimum Gasteiger partial charge on any atom is -0.308 e. The fourth-order valence-corrected chi connectivity index (χ4v) is 6.84. The average molecular weight is 694 g/mol. The molecule has 0 saturated heterocycles. The van der Waals surface area contributed by atoms with Gasteiger partial charge in [-0.25, -0.2) is 38.7 Å². The van der Waals surface area contributed by atoms with Crippen molar-refractivity contribution in [1.29, 1.82) is 0 Å². The van der Waals surface area contributed by atoms with Crippen molar-refractivity contribution in [1.82, 2.24) is 34.5 Å². The van der Waals surface area contributed by atoms with Gasteiger partial charge in [0, 0.05) is 44.7 Å². The summed E-state index contributed by atoms with van der Waals surface area (Å²) in [6.45, 7) is 3.71. The molecule has 0 bridgehead atoms. The summed E-state index contributed by atoms with van der Waals surface area (Å²) in [6, 6.07) is 43.1. The van der Waals surface area contributed by atoms with E-state index in [9.17, 15) is 4.39 Å². The van der Waals surface area contributed by atoms with Crippen LogP contribution in [0.15, 0.2) is 140 Å². The van der Waals surface area contributed by atoms with Crippen molar-refractivity contribution in [3.63, 3.8) is 0 Å². The van der Waals surface area contributed by atoms with Gasteiger partial charge >= 0.3 is 0 Å². The van der Waals surface area contributed by atoms with Crippen LogP contribution in [0.4, 0.5) is 8.78 Å². The normalized spacial score (nSPS) is 11.4. The number of halogens is 2. The molecule has 0 amide bonds.